The summed E-state index contributed by atoms with van der Waals surface area (Å²) in [7, 11) is 0. The molecule has 1 saturated carbocycles. The lowest BCUT2D eigenvalue weighted by Crippen LogP contribution is -2.23. The van der Waals surface area contributed by atoms with Crippen LogP contribution < -0.4 is 10.6 Å². The van der Waals surface area contributed by atoms with E-state index < -0.39 is 86.7 Å². The molecule has 6 nitrogen and oxygen atoms in total. The van der Waals surface area contributed by atoms with Gasteiger partial charge in [-0.2, -0.15) is 13.2 Å². The van der Waals surface area contributed by atoms with Crippen LogP contribution in [0.1, 0.15) is 45.8 Å². The normalized spacial score (nSPS) is 20.5. The number of carbonyl (C=O) groups excluding carboxylic acids is 3. The summed E-state index contributed by atoms with van der Waals surface area (Å²) >= 11 is 18.6. The van der Waals surface area contributed by atoms with Gasteiger partial charge in [0.25, 0.3) is 5.91 Å². The third-order valence-electron chi connectivity index (χ3n) is 7.54. The van der Waals surface area contributed by atoms with Crippen molar-refractivity contribution in [3.05, 3.63) is 93.3 Å². The van der Waals surface area contributed by atoms with Crippen molar-refractivity contribution in [2.45, 2.75) is 41.8 Å². The molecule has 0 spiro atoms. The average molecular weight is 694 g/mol. The van der Waals surface area contributed by atoms with E-state index in [1.165, 1.54) is 12.1 Å². The Balaban J connectivity index is 1.31. The maximum absolute atomic E-state index is 15.2. The van der Waals surface area contributed by atoms with Crippen molar-refractivity contribution in [1.29, 1.82) is 0 Å². The maximum atomic E-state index is 15.2. The summed E-state index contributed by atoms with van der Waals surface area (Å²) in [5.74, 6) is -8.27. The highest BCUT2D eigenvalue weighted by Gasteiger charge is 2.67. The molecule has 2 amide bonds. The molecule has 0 unspecified atom stereocenters. The van der Waals surface area contributed by atoms with E-state index in [0.29, 0.717) is 31.6 Å². The highest BCUT2D eigenvalue weighted by Crippen LogP contribution is 2.65. The van der Waals surface area contributed by atoms with Gasteiger partial charge in [-0.3, -0.25) is 14.4 Å². The highest BCUT2D eigenvalue weighted by molar-refractivity contribution is 6.53. The standard InChI is InChI=1S/C30H21Cl3F6N2O4/c31-18-5-4-14(40-28(44)25-24(29(25,32)33)13-3-6-20(35)17(10-13)30(37,38)39)11-15(18)27(43)41-21-8-7-19(34)16(26(21)36)12-22(42)23-2-1-9-45-23/h3-8,10-11,23-25H,1-2,9,12H2,(H,40,44)(H,41,43)/t23-,24+,25-/m1/s1. The topological polar surface area (TPSA) is 84.5 Å². The molecule has 3 aromatic carbocycles. The molecule has 0 aromatic heterocycles. The Bertz CT molecular complexity index is 1690. The zero-order chi connectivity index (χ0) is 32.8. The van der Waals surface area contributed by atoms with E-state index in [2.05, 4.69) is 10.6 Å². The van der Waals surface area contributed by atoms with Crippen LogP contribution in [0, 0.1) is 23.4 Å². The van der Waals surface area contributed by atoms with Crippen LogP contribution in [0.2, 0.25) is 5.02 Å². The summed E-state index contributed by atoms with van der Waals surface area (Å²) in [5, 5.41) is 4.62. The average Bonchev–Trinajstić information content (AvgIpc) is 3.27. The van der Waals surface area contributed by atoms with E-state index >= 15 is 4.39 Å². The molecule has 3 aromatic rings. The van der Waals surface area contributed by atoms with Gasteiger partial charge in [-0.25, -0.2) is 13.2 Å². The SMILES string of the molecule is O=C(Nc1ccc(F)c(CC(=O)[C@H]2CCCO2)c1F)c1cc(NC(=O)[C@H]2[C@H](c3ccc(F)c(C(F)(F)F)c3)C2(Cl)Cl)ccc1Cl. The number of rotatable bonds is 8. The minimum Gasteiger partial charge on any atom is -0.370 e. The summed E-state index contributed by atoms with van der Waals surface area (Å²) in [6, 6.07) is 7.74. The number of nitrogens with one attached hydrogen (secondary N) is 2. The Morgan fingerprint density at radius 1 is 0.956 bits per heavy atom. The van der Waals surface area contributed by atoms with Crippen LogP contribution >= 0.6 is 34.8 Å². The van der Waals surface area contributed by atoms with Gasteiger partial charge in [0.05, 0.1) is 27.8 Å². The first-order chi connectivity index (χ1) is 21.1. The number of amides is 2. The van der Waals surface area contributed by atoms with E-state index in [1.807, 2.05) is 0 Å². The molecule has 2 N–H and O–H groups in total. The van der Waals surface area contributed by atoms with Crippen molar-refractivity contribution in [3.8, 4) is 0 Å². The molecule has 238 valence electrons. The predicted molar refractivity (Wildman–Crippen MR) is 154 cm³/mol. The molecule has 2 fully saturated rings. The molecule has 5 rings (SSSR count). The van der Waals surface area contributed by atoms with Crippen LogP contribution in [-0.4, -0.2) is 34.6 Å². The molecular formula is C30H21Cl3F6N2O4. The van der Waals surface area contributed by atoms with E-state index in [0.717, 1.165) is 24.3 Å². The van der Waals surface area contributed by atoms with E-state index in [-0.39, 0.29) is 21.8 Å². The molecule has 2 aliphatic rings. The van der Waals surface area contributed by atoms with Gasteiger partial charge in [0.2, 0.25) is 5.91 Å². The first-order valence-electron chi connectivity index (χ1n) is 13.4. The number of alkyl halides is 5. The number of hydrogen-bond donors (Lipinski definition) is 2. The highest BCUT2D eigenvalue weighted by atomic mass is 35.5. The van der Waals surface area contributed by atoms with E-state index in [4.69, 9.17) is 39.5 Å². The summed E-state index contributed by atoms with van der Waals surface area (Å²) in [6.07, 6.45) is -5.26. The Hall–Kier alpha value is -3.32. The van der Waals surface area contributed by atoms with Crippen LogP contribution in [0.5, 0.6) is 0 Å². The van der Waals surface area contributed by atoms with Gasteiger partial charge in [-0.15, -0.1) is 23.2 Å². The van der Waals surface area contributed by atoms with Crippen LogP contribution in [0.15, 0.2) is 48.5 Å². The summed E-state index contributed by atoms with van der Waals surface area (Å²) in [5.41, 5.74) is -2.87. The van der Waals surface area contributed by atoms with Gasteiger partial charge in [-0.1, -0.05) is 17.7 Å². The smallest absolute Gasteiger partial charge is 0.370 e. The molecule has 15 heteroatoms. The second-order valence-corrected chi connectivity index (χ2v) is 12.4. The van der Waals surface area contributed by atoms with Gasteiger partial charge >= 0.3 is 6.18 Å². The third-order valence-corrected chi connectivity index (χ3v) is 8.81. The fourth-order valence-corrected chi connectivity index (χ4v) is 6.22. The lowest BCUT2D eigenvalue weighted by atomic mass is 10.0. The van der Waals surface area contributed by atoms with Crippen LogP contribution in [-0.2, 0) is 26.9 Å². The largest absolute Gasteiger partial charge is 0.419 e. The number of benzene rings is 3. The van der Waals surface area contributed by atoms with Gasteiger partial charge in [-0.05, 0) is 60.9 Å². The zero-order valence-electron chi connectivity index (χ0n) is 22.7. The third kappa shape index (κ3) is 6.79. The second-order valence-electron chi connectivity index (χ2n) is 10.5. The number of ether oxygens (including phenoxy) is 1. The van der Waals surface area contributed by atoms with Crippen molar-refractivity contribution in [2.24, 2.45) is 5.92 Å². The van der Waals surface area contributed by atoms with E-state index in [9.17, 15) is 36.3 Å². The monoisotopic (exact) mass is 692 g/mol. The number of Topliss-reactive ketones (excluding diaryl/α,β-unsaturated/α-hetero) is 1. The summed E-state index contributed by atoms with van der Waals surface area (Å²) in [6.45, 7) is 0.370. The van der Waals surface area contributed by atoms with Crippen LogP contribution in [0.3, 0.4) is 0 Å². The Labute approximate surface area is 267 Å². The number of hydrogen-bond acceptors (Lipinski definition) is 4. The molecule has 1 heterocycles. The Morgan fingerprint density at radius 2 is 1.67 bits per heavy atom. The molecule has 0 radical (unpaired) electrons. The first kappa shape index (κ1) is 33.1. The van der Waals surface area contributed by atoms with Crippen molar-refractivity contribution in [3.63, 3.8) is 0 Å². The van der Waals surface area contributed by atoms with Crippen molar-refractivity contribution >= 4 is 63.8 Å². The predicted octanol–water partition coefficient (Wildman–Crippen LogP) is 7.85. The minimum atomic E-state index is -4.99. The first-order valence-corrected chi connectivity index (χ1v) is 14.5. The molecule has 1 aliphatic heterocycles. The van der Waals surface area contributed by atoms with Gasteiger partial charge in [0, 0.05) is 30.2 Å². The summed E-state index contributed by atoms with van der Waals surface area (Å²) < 4.78 is 86.5. The molecular weight excluding hydrogens is 673 g/mol. The number of anilines is 2. The lowest BCUT2D eigenvalue weighted by Gasteiger charge is -2.14. The number of ketones is 1. The molecule has 0 bridgehead atoms. The Morgan fingerprint density at radius 3 is 2.33 bits per heavy atom. The fraction of sp³-hybridized carbons (Fsp3) is 0.300. The Kier molecular flexibility index (Phi) is 9.16. The van der Waals surface area contributed by atoms with Crippen molar-refractivity contribution < 1.29 is 45.5 Å². The molecule has 1 aliphatic carbocycles. The van der Waals surface area contributed by atoms with Gasteiger partial charge in [0.15, 0.2) is 11.6 Å². The van der Waals surface area contributed by atoms with Crippen molar-refractivity contribution in [1.82, 2.24) is 0 Å². The van der Waals surface area contributed by atoms with Gasteiger partial charge in [0.1, 0.15) is 22.1 Å². The molecule has 45 heavy (non-hydrogen) atoms. The number of halogens is 9. The maximum Gasteiger partial charge on any atom is 0.419 e. The van der Waals surface area contributed by atoms with Crippen molar-refractivity contribution in [2.75, 3.05) is 17.2 Å². The van der Waals surface area contributed by atoms with Crippen LogP contribution in [0.25, 0.3) is 0 Å². The molecule has 1 saturated heterocycles. The fourth-order valence-electron chi connectivity index (χ4n) is 5.18. The summed E-state index contributed by atoms with van der Waals surface area (Å²) in [4.78, 5) is 38.5. The molecule has 3 atom stereocenters. The second kappa shape index (κ2) is 12.5. The van der Waals surface area contributed by atoms with Crippen LogP contribution in [0.4, 0.5) is 37.7 Å². The zero-order valence-corrected chi connectivity index (χ0v) is 25.0. The lowest BCUT2D eigenvalue weighted by molar-refractivity contribution is -0.140. The van der Waals surface area contributed by atoms with E-state index in [1.54, 1.807) is 0 Å². The minimum absolute atomic E-state index is 0.00171. The number of carbonyl (C=O) groups is 3. The van der Waals surface area contributed by atoms with Gasteiger partial charge < -0.3 is 15.4 Å². The quantitative estimate of drug-likeness (QED) is 0.186.